The second-order valence-electron chi connectivity index (χ2n) is 4.75. The summed E-state index contributed by atoms with van der Waals surface area (Å²) in [6.45, 7) is 9.90. The molecule has 96 valence electrons. The van der Waals surface area contributed by atoms with Crippen LogP contribution in [0.5, 0.6) is 5.75 Å². The number of allylic oxidation sites excluding steroid dienone is 1. The van der Waals surface area contributed by atoms with Crippen LogP contribution in [0.2, 0.25) is 0 Å². The molecule has 2 aromatic rings. The molecule has 0 amide bonds. The molecule has 2 nitrogen and oxygen atoms in total. The van der Waals surface area contributed by atoms with E-state index in [-0.39, 0.29) is 0 Å². The van der Waals surface area contributed by atoms with E-state index in [2.05, 4.69) is 49.4 Å². The average molecular weight is 243 g/mol. The topological polar surface area (TPSA) is 14.2 Å². The summed E-state index contributed by atoms with van der Waals surface area (Å²) in [6, 6.07) is 8.39. The molecule has 1 aromatic heterocycles. The number of fused-ring (bicyclic) bond motifs is 1. The first-order chi connectivity index (χ1) is 8.72. The van der Waals surface area contributed by atoms with Crippen molar-refractivity contribution in [2.75, 3.05) is 6.61 Å². The highest BCUT2D eigenvalue weighted by Crippen LogP contribution is 2.27. The molecule has 0 bridgehead atoms. The molecular formula is C16H21NO. The van der Waals surface area contributed by atoms with E-state index in [1.165, 1.54) is 16.5 Å². The van der Waals surface area contributed by atoms with Crippen molar-refractivity contribution in [3.05, 3.63) is 42.6 Å². The third kappa shape index (κ3) is 2.76. The van der Waals surface area contributed by atoms with Crippen LogP contribution in [-0.2, 0) is 6.54 Å². The summed E-state index contributed by atoms with van der Waals surface area (Å²) in [7, 11) is 0. The van der Waals surface area contributed by atoms with Crippen LogP contribution in [0, 0.1) is 0 Å². The summed E-state index contributed by atoms with van der Waals surface area (Å²) in [6.07, 6.45) is 4.18. The van der Waals surface area contributed by atoms with Gasteiger partial charge in [-0.1, -0.05) is 18.6 Å². The Bertz CT molecular complexity index is 539. The largest absolute Gasteiger partial charge is 0.493 e. The highest BCUT2D eigenvalue weighted by Gasteiger charge is 2.06. The van der Waals surface area contributed by atoms with E-state index in [1.54, 1.807) is 0 Å². The smallest absolute Gasteiger partial charge is 0.128 e. The molecule has 2 rings (SSSR count). The second-order valence-corrected chi connectivity index (χ2v) is 4.75. The lowest BCUT2D eigenvalue weighted by atomic mass is 10.2. The lowest BCUT2D eigenvalue weighted by Gasteiger charge is -2.08. The first-order valence-electron chi connectivity index (χ1n) is 6.57. The monoisotopic (exact) mass is 243 g/mol. The standard InChI is InChI=1S/C16H21NO/c1-4-12-18-16-7-5-6-15-14(16)9-11-17(15)10-8-13(2)3/h5-7,9,11H,2,4,8,10,12H2,1,3H3. The Balaban J connectivity index is 2.26. The fourth-order valence-corrected chi connectivity index (χ4v) is 2.04. The van der Waals surface area contributed by atoms with Gasteiger partial charge in [-0.3, -0.25) is 0 Å². The van der Waals surface area contributed by atoms with Crippen molar-refractivity contribution in [3.8, 4) is 5.75 Å². The number of rotatable bonds is 6. The molecule has 0 unspecified atom stereocenters. The SMILES string of the molecule is C=C(C)CCn1ccc2c(OCCC)cccc21. The number of aromatic nitrogens is 1. The van der Waals surface area contributed by atoms with Crippen molar-refractivity contribution < 1.29 is 4.74 Å². The number of nitrogens with zero attached hydrogens (tertiary/aromatic N) is 1. The highest BCUT2D eigenvalue weighted by atomic mass is 16.5. The van der Waals surface area contributed by atoms with Gasteiger partial charge >= 0.3 is 0 Å². The predicted octanol–water partition coefficient (Wildman–Crippen LogP) is 4.40. The Labute approximate surface area is 109 Å². The van der Waals surface area contributed by atoms with Crippen LogP contribution in [0.25, 0.3) is 10.9 Å². The molecule has 0 aliphatic heterocycles. The zero-order chi connectivity index (χ0) is 13.0. The molecule has 1 aromatic carbocycles. The van der Waals surface area contributed by atoms with E-state index in [0.29, 0.717) is 0 Å². The van der Waals surface area contributed by atoms with Crippen molar-refractivity contribution in [2.45, 2.75) is 33.2 Å². The molecule has 0 N–H and O–H groups in total. The van der Waals surface area contributed by atoms with Crippen LogP contribution >= 0.6 is 0 Å². The van der Waals surface area contributed by atoms with Gasteiger partial charge in [-0.15, -0.1) is 6.58 Å². The van der Waals surface area contributed by atoms with Gasteiger partial charge in [0.2, 0.25) is 0 Å². The van der Waals surface area contributed by atoms with Crippen LogP contribution in [0.3, 0.4) is 0 Å². The minimum atomic E-state index is 0.774. The van der Waals surface area contributed by atoms with Crippen LogP contribution < -0.4 is 4.74 Å². The minimum Gasteiger partial charge on any atom is -0.493 e. The Hall–Kier alpha value is -1.70. The zero-order valence-corrected chi connectivity index (χ0v) is 11.3. The van der Waals surface area contributed by atoms with Gasteiger partial charge in [0, 0.05) is 18.1 Å². The van der Waals surface area contributed by atoms with Crippen LogP contribution in [0.1, 0.15) is 26.7 Å². The summed E-state index contributed by atoms with van der Waals surface area (Å²) < 4.78 is 8.04. The van der Waals surface area contributed by atoms with Crippen molar-refractivity contribution in [1.29, 1.82) is 0 Å². The summed E-state index contributed by atoms with van der Waals surface area (Å²) in [5, 5.41) is 1.20. The van der Waals surface area contributed by atoms with Crippen molar-refractivity contribution in [3.63, 3.8) is 0 Å². The molecule has 0 aliphatic rings. The van der Waals surface area contributed by atoms with Gasteiger partial charge in [-0.05, 0) is 38.0 Å². The van der Waals surface area contributed by atoms with Crippen molar-refractivity contribution in [1.82, 2.24) is 4.57 Å². The predicted molar refractivity (Wildman–Crippen MR) is 77.2 cm³/mol. The maximum atomic E-state index is 5.78. The first-order valence-corrected chi connectivity index (χ1v) is 6.57. The second kappa shape index (κ2) is 5.76. The van der Waals surface area contributed by atoms with Gasteiger partial charge in [0.05, 0.1) is 12.1 Å². The van der Waals surface area contributed by atoms with Crippen LogP contribution in [0.15, 0.2) is 42.6 Å². The molecule has 0 atom stereocenters. The molecular weight excluding hydrogens is 222 g/mol. The number of ether oxygens (including phenoxy) is 1. The van der Waals surface area contributed by atoms with Crippen LogP contribution in [0.4, 0.5) is 0 Å². The Morgan fingerprint density at radius 3 is 2.89 bits per heavy atom. The van der Waals surface area contributed by atoms with Gasteiger partial charge < -0.3 is 9.30 Å². The van der Waals surface area contributed by atoms with E-state index in [0.717, 1.165) is 31.7 Å². The molecule has 18 heavy (non-hydrogen) atoms. The van der Waals surface area contributed by atoms with E-state index in [9.17, 15) is 0 Å². The summed E-state index contributed by atoms with van der Waals surface area (Å²) in [5.41, 5.74) is 2.46. The number of hydrogen-bond donors (Lipinski definition) is 0. The maximum Gasteiger partial charge on any atom is 0.128 e. The molecule has 0 aliphatic carbocycles. The van der Waals surface area contributed by atoms with Crippen molar-refractivity contribution in [2.24, 2.45) is 0 Å². The van der Waals surface area contributed by atoms with Gasteiger partial charge in [0.25, 0.3) is 0 Å². The fourth-order valence-electron chi connectivity index (χ4n) is 2.04. The number of hydrogen-bond acceptors (Lipinski definition) is 1. The maximum absolute atomic E-state index is 5.78. The van der Waals surface area contributed by atoms with Gasteiger partial charge in [0.1, 0.15) is 5.75 Å². The third-order valence-electron chi connectivity index (χ3n) is 3.01. The summed E-state index contributed by atoms with van der Waals surface area (Å²) in [4.78, 5) is 0. The van der Waals surface area contributed by atoms with E-state index < -0.39 is 0 Å². The molecule has 0 radical (unpaired) electrons. The summed E-state index contributed by atoms with van der Waals surface area (Å²) in [5.74, 6) is 0.989. The van der Waals surface area contributed by atoms with Gasteiger partial charge in [-0.2, -0.15) is 0 Å². The number of aryl methyl sites for hydroxylation is 1. The van der Waals surface area contributed by atoms with Crippen molar-refractivity contribution >= 4 is 10.9 Å². The quantitative estimate of drug-likeness (QED) is 0.686. The lowest BCUT2D eigenvalue weighted by Crippen LogP contribution is -1.97. The average Bonchev–Trinajstić information content (AvgIpc) is 2.77. The van der Waals surface area contributed by atoms with E-state index >= 15 is 0 Å². The van der Waals surface area contributed by atoms with Gasteiger partial charge in [-0.25, -0.2) is 0 Å². The normalized spacial score (nSPS) is 10.8. The molecule has 0 saturated heterocycles. The summed E-state index contributed by atoms with van der Waals surface area (Å²) >= 11 is 0. The molecule has 1 heterocycles. The van der Waals surface area contributed by atoms with Crippen LogP contribution in [-0.4, -0.2) is 11.2 Å². The van der Waals surface area contributed by atoms with E-state index in [4.69, 9.17) is 4.74 Å². The minimum absolute atomic E-state index is 0.774. The lowest BCUT2D eigenvalue weighted by molar-refractivity contribution is 0.321. The molecule has 0 saturated carbocycles. The third-order valence-corrected chi connectivity index (χ3v) is 3.01. The van der Waals surface area contributed by atoms with Gasteiger partial charge in [0.15, 0.2) is 0 Å². The molecule has 2 heteroatoms. The Kier molecular flexibility index (Phi) is 4.08. The first kappa shape index (κ1) is 12.7. The fraction of sp³-hybridized carbons (Fsp3) is 0.375. The van der Waals surface area contributed by atoms with E-state index in [1.807, 2.05) is 6.07 Å². The Morgan fingerprint density at radius 2 is 2.17 bits per heavy atom. The Morgan fingerprint density at radius 1 is 1.33 bits per heavy atom. The number of benzene rings is 1. The molecule has 0 spiro atoms. The highest BCUT2D eigenvalue weighted by molar-refractivity contribution is 5.86. The zero-order valence-electron chi connectivity index (χ0n) is 11.3. The molecule has 0 fully saturated rings.